The van der Waals surface area contributed by atoms with Crippen molar-refractivity contribution < 1.29 is 9.18 Å². The van der Waals surface area contributed by atoms with E-state index < -0.39 is 5.82 Å². The van der Waals surface area contributed by atoms with E-state index in [0.29, 0.717) is 0 Å². The van der Waals surface area contributed by atoms with Crippen molar-refractivity contribution in [2.45, 2.75) is 6.54 Å². The molecular weight excluding hydrogens is 329 g/mol. The molecule has 0 aliphatic carbocycles. The minimum Gasteiger partial charge on any atom is -0.329 e. The van der Waals surface area contributed by atoms with Gasteiger partial charge in [0.2, 0.25) is 0 Å². The number of carbonyl (C=O) groups is 1. The maximum Gasteiger partial charge on any atom is 0.258 e. The van der Waals surface area contributed by atoms with E-state index in [1.807, 2.05) is 24.3 Å². The van der Waals surface area contributed by atoms with Crippen LogP contribution in [0.1, 0.15) is 0 Å². The second-order valence-corrected chi connectivity index (χ2v) is 5.38. The third-order valence-electron chi connectivity index (χ3n) is 3.28. The van der Waals surface area contributed by atoms with Crippen LogP contribution < -0.4 is 16.2 Å². The van der Waals surface area contributed by atoms with Gasteiger partial charge < -0.3 is 9.88 Å². The molecule has 6 nitrogen and oxygen atoms in total. The molecule has 0 unspecified atom stereocenters. The van der Waals surface area contributed by atoms with Crippen LogP contribution in [0.2, 0.25) is 0 Å². The number of thiocarbonyl (C=S) groups is 1. The number of benzene rings is 2. The van der Waals surface area contributed by atoms with Crippen LogP contribution in [0.3, 0.4) is 0 Å². The minimum absolute atomic E-state index is 0.0792. The highest BCUT2D eigenvalue weighted by Crippen LogP contribution is 2.12. The number of amides is 1. The molecule has 3 rings (SSSR count). The normalized spacial score (nSPS) is 10.4. The molecule has 0 radical (unpaired) electrons. The van der Waals surface area contributed by atoms with Crippen molar-refractivity contribution in [1.29, 1.82) is 0 Å². The number of para-hydroxylation sites is 3. The molecule has 0 spiro atoms. The average molecular weight is 343 g/mol. The molecule has 1 heterocycles. The van der Waals surface area contributed by atoms with Gasteiger partial charge in [0.15, 0.2) is 5.11 Å². The number of fused-ring (bicyclic) bond motifs is 1. The second kappa shape index (κ2) is 7.05. The molecule has 2 aromatic carbocycles. The van der Waals surface area contributed by atoms with Crippen molar-refractivity contribution in [2.24, 2.45) is 0 Å². The van der Waals surface area contributed by atoms with E-state index in [-0.39, 0.29) is 23.3 Å². The van der Waals surface area contributed by atoms with Gasteiger partial charge in [0.25, 0.3) is 5.91 Å². The summed E-state index contributed by atoms with van der Waals surface area (Å²) in [7, 11) is 0. The Kier molecular flexibility index (Phi) is 4.66. The van der Waals surface area contributed by atoms with Crippen LogP contribution in [0.5, 0.6) is 0 Å². The molecule has 3 aromatic rings. The number of rotatable bonds is 3. The summed E-state index contributed by atoms with van der Waals surface area (Å²) >= 11 is 5.02. The Bertz CT molecular complexity index is 895. The highest BCUT2D eigenvalue weighted by molar-refractivity contribution is 7.80. The van der Waals surface area contributed by atoms with Crippen LogP contribution in [-0.2, 0) is 11.3 Å². The molecule has 1 amide bonds. The van der Waals surface area contributed by atoms with Crippen molar-refractivity contribution in [3.63, 3.8) is 0 Å². The fourth-order valence-electron chi connectivity index (χ4n) is 2.17. The number of hydrogen-bond donors (Lipinski definition) is 3. The number of anilines is 1. The van der Waals surface area contributed by atoms with Crippen LogP contribution in [0.15, 0.2) is 54.9 Å². The van der Waals surface area contributed by atoms with Crippen LogP contribution in [-0.4, -0.2) is 20.6 Å². The van der Waals surface area contributed by atoms with E-state index >= 15 is 0 Å². The van der Waals surface area contributed by atoms with Crippen molar-refractivity contribution in [3.8, 4) is 0 Å². The first-order chi connectivity index (χ1) is 11.6. The number of hydrazine groups is 1. The zero-order valence-corrected chi connectivity index (χ0v) is 13.3. The topological polar surface area (TPSA) is 71.0 Å². The van der Waals surface area contributed by atoms with Gasteiger partial charge in [-0.15, -0.1) is 0 Å². The minimum atomic E-state index is -0.433. The van der Waals surface area contributed by atoms with Crippen molar-refractivity contribution >= 4 is 40.0 Å². The lowest BCUT2D eigenvalue weighted by Crippen LogP contribution is -2.45. The Morgan fingerprint density at radius 2 is 1.88 bits per heavy atom. The summed E-state index contributed by atoms with van der Waals surface area (Å²) in [6, 6.07) is 13.6. The lowest BCUT2D eigenvalue weighted by molar-refractivity contribution is -0.122. The molecule has 3 N–H and O–H groups in total. The van der Waals surface area contributed by atoms with E-state index in [9.17, 15) is 9.18 Å². The number of nitrogens with zero attached hydrogens (tertiary/aromatic N) is 2. The van der Waals surface area contributed by atoms with E-state index in [0.717, 1.165) is 11.0 Å². The number of halogens is 1. The molecule has 0 aliphatic rings. The number of imidazole rings is 1. The average Bonchev–Trinajstić information content (AvgIpc) is 2.98. The summed E-state index contributed by atoms with van der Waals surface area (Å²) < 4.78 is 15.2. The molecule has 0 atom stereocenters. The lowest BCUT2D eigenvalue weighted by atomic mass is 10.3. The predicted octanol–water partition coefficient (Wildman–Crippen LogP) is 2.19. The fraction of sp³-hybridized carbons (Fsp3) is 0.0625. The summed E-state index contributed by atoms with van der Waals surface area (Å²) in [6.45, 7) is 0.0792. The Morgan fingerprint density at radius 3 is 2.71 bits per heavy atom. The lowest BCUT2D eigenvalue weighted by Gasteiger charge is -2.12. The molecule has 0 bridgehead atoms. The quantitative estimate of drug-likeness (QED) is 0.502. The Morgan fingerprint density at radius 1 is 1.12 bits per heavy atom. The van der Waals surface area contributed by atoms with Crippen LogP contribution in [0.25, 0.3) is 11.0 Å². The Labute approximate surface area is 142 Å². The molecule has 24 heavy (non-hydrogen) atoms. The fourth-order valence-corrected chi connectivity index (χ4v) is 2.33. The SMILES string of the molecule is O=C(Cn1cnc2ccccc21)NNC(=S)Nc1ccccc1F. The van der Waals surface area contributed by atoms with Crippen molar-refractivity contribution in [2.75, 3.05) is 5.32 Å². The number of aromatic nitrogens is 2. The second-order valence-electron chi connectivity index (χ2n) is 4.97. The van der Waals surface area contributed by atoms with Gasteiger partial charge in [-0.2, -0.15) is 0 Å². The summed E-state index contributed by atoms with van der Waals surface area (Å²) in [4.78, 5) is 16.2. The van der Waals surface area contributed by atoms with Crippen molar-refractivity contribution in [1.82, 2.24) is 20.4 Å². The molecule has 122 valence electrons. The van der Waals surface area contributed by atoms with Gasteiger partial charge in [0.1, 0.15) is 12.4 Å². The smallest absolute Gasteiger partial charge is 0.258 e. The van der Waals surface area contributed by atoms with Gasteiger partial charge in [0, 0.05) is 0 Å². The summed E-state index contributed by atoms with van der Waals surface area (Å²) in [5.74, 6) is -0.742. The van der Waals surface area contributed by atoms with Gasteiger partial charge in [-0.3, -0.25) is 15.6 Å². The highest BCUT2D eigenvalue weighted by atomic mass is 32.1. The maximum absolute atomic E-state index is 13.5. The van der Waals surface area contributed by atoms with E-state index in [2.05, 4.69) is 21.2 Å². The number of hydrogen-bond acceptors (Lipinski definition) is 3. The number of carbonyl (C=O) groups excluding carboxylic acids is 1. The standard InChI is InChI=1S/C16H14FN5OS/c17-11-5-1-2-6-12(11)19-16(24)21-20-15(23)9-22-10-18-13-7-3-4-8-14(13)22/h1-8,10H,9H2,(H,20,23)(H2,19,21,24). The Balaban J connectivity index is 1.54. The summed E-state index contributed by atoms with van der Waals surface area (Å²) in [5.41, 5.74) is 6.90. The molecule has 0 fully saturated rings. The van der Waals surface area contributed by atoms with Crippen LogP contribution in [0.4, 0.5) is 10.1 Å². The third kappa shape index (κ3) is 3.66. The van der Waals surface area contributed by atoms with Gasteiger partial charge in [-0.05, 0) is 36.5 Å². The molecule has 0 saturated heterocycles. The predicted molar refractivity (Wildman–Crippen MR) is 93.6 cm³/mol. The first kappa shape index (κ1) is 15.9. The first-order valence-corrected chi connectivity index (χ1v) is 7.54. The van der Waals surface area contributed by atoms with E-state index in [1.165, 1.54) is 6.07 Å². The molecule has 8 heteroatoms. The van der Waals surface area contributed by atoms with Gasteiger partial charge in [-0.25, -0.2) is 9.37 Å². The first-order valence-electron chi connectivity index (χ1n) is 7.14. The zero-order chi connectivity index (χ0) is 16.9. The van der Waals surface area contributed by atoms with Crippen LogP contribution >= 0.6 is 12.2 Å². The van der Waals surface area contributed by atoms with Gasteiger partial charge >= 0.3 is 0 Å². The maximum atomic E-state index is 13.5. The third-order valence-corrected chi connectivity index (χ3v) is 3.48. The molecular formula is C16H14FN5OS. The monoisotopic (exact) mass is 343 g/mol. The van der Waals surface area contributed by atoms with E-state index in [1.54, 1.807) is 29.1 Å². The van der Waals surface area contributed by atoms with Crippen molar-refractivity contribution in [3.05, 3.63) is 60.7 Å². The number of nitrogens with one attached hydrogen (secondary N) is 3. The summed E-state index contributed by atoms with van der Waals surface area (Å²) in [6.07, 6.45) is 1.60. The largest absolute Gasteiger partial charge is 0.329 e. The van der Waals surface area contributed by atoms with E-state index in [4.69, 9.17) is 12.2 Å². The van der Waals surface area contributed by atoms with Gasteiger partial charge in [-0.1, -0.05) is 24.3 Å². The zero-order valence-electron chi connectivity index (χ0n) is 12.5. The molecule has 0 aliphatic heterocycles. The van der Waals surface area contributed by atoms with Crippen LogP contribution in [0, 0.1) is 5.82 Å². The Hall–Kier alpha value is -3.00. The summed E-state index contributed by atoms with van der Waals surface area (Å²) in [5, 5.41) is 2.75. The molecule has 1 aromatic heterocycles. The van der Waals surface area contributed by atoms with Gasteiger partial charge in [0.05, 0.1) is 23.0 Å². The molecule has 0 saturated carbocycles. The highest BCUT2D eigenvalue weighted by Gasteiger charge is 2.08.